The van der Waals surface area contributed by atoms with Crippen LogP contribution in [-0.2, 0) is 14.3 Å². The van der Waals surface area contributed by atoms with Gasteiger partial charge in [-0.3, -0.25) is 9.59 Å². The average Bonchev–Trinajstić information content (AvgIpc) is 3.00. The number of carbonyl (C=O) groups is 2. The molecule has 1 aromatic rings. The highest BCUT2D eigenvalue weighted by molar-refractivity contribution is 6.35. The molecule has 0 aliphatic carbocycles. The molecular formula is C14H16FN3O3. The monoisotopic (exact) mass is 293 g/mol. The van der Waals surface area contributed by atoms with E-state index in [1.165, 1.54) is 12.1 Å². The van der Waals surface area contributed by atoms with Crippen molar-refractivity contribution < 1.29 is 18.7 Å². The summed E-state index contributed by atoms with van der Waals surface area (Å²) in [5.41, 5.74) is 2.26. The Morgan fingerprint density at radius 3 is 2.90 bits per heavy atom. The summed E-state index contributed by atoms with van der Waals surface area (Å²) in [5, 5.41) is 6.01. The van der Waals surface area contributed by atoms with Gasteiger partial charge in [-0.2, -0.15) is 5.10 Å². The Hall–Kier alpha value is -2.28. The summed E-state index contributed by atoms with van der Waals surface area (Å²) in [4.78, 5) is 22.9. The van der Waals surface area contributed by atoms with Crippen LogP contribution in [0.5, 0.6) is 0 Å². The van der Waals surface area contributed by atoms with E-state index in [4.69, 9.17) is 4.74 Å². The lowest BCUT2D eigenvalue weighted by Gasteiger charge is -2.09. The van der Waals surface area contributed by atoms with Crippen molar-refractivity contribution in [1.29, 1.82) is 0 Å². The summed E-state index contributed by atoms with van der Waals surface area (Å²) >= 11 is 0. The number of nitrogens with zero attached hydrogens (tertiary/aromatic N) is 1. The molecule has 112 valence electrons. The number of benzene rings is 1. The molecule has 0 bridgehead atoms. The van der Waals surface area contributed by atoms with Crippen LogP contribution in [0.1, 0.15) is 18.4 Å². The predicted molar refractivity (Wildman–Crippen MR) is 74.1 cm³/mol. The Balaban J connectivity index is 1.75. The van der Waals surface area contributed by atoms with E-state index in [-0.39, 0.29) is 11.7 Å². The normalized spacial score (nSPS) is 17.9. The van der Waals surface area contributed by atoms with Gasteiger partial charge in [0.2, 0.25) is 0 Å². The maximum atomic E-state index is 13.3. The first-order valence-electron chi connectivity index (χ1n) is 6.64. The molecule has 7 heteroatoms. The average molecular weight is 293 g/mol. The van der Waals surface area contributed by atoms with E-state index in [1.807, 2.05) is 5.43 Å². The number of nitrogens with one attached hydrogen (secondary N) is 2. The number of amides is 2. The van der Waals surface area contributed by atoms with Crippen LogP contribution in [0.4, 0.5) is 4.39 Å². The van der Waals surface area contributed by atoms with Gasteiger partial charge in [0, 0.05) is 18.7 Å². The second-order valence-corrected chi connectivity index (χ2v) is 4.57. The molecule has 2 N–H and O–H groups in total. The third-order valence-corrected chi connectivity index (χ3v) is 3.00. The molecule has 1 heterocycles. The van der Waals surface area contributed by atoms with Crippen molar-refractivity contribution in [3.8, 4) is 0 Å². The van der Waals surface area contributed by atoms with Crippen molar-refractivity contribution >= 4 is 18.0 Å². The van der Waals surface area contributed by atoms with E-state index in [0.29, 0.717) is 13.2 Å². The molecule has 1 aliphatic heterocycles. The van der Waals surface area contributed by atoms with Gasteiger partial charge in [0.15, 0.2) is 0 Å². The third-order valence-electron chi connectivity index (χ3n) is 3.00. The lowest BCUT2D eigenvalue weighted by Crippen LogP contribution is -2.41. The van der Waals surface area contributed by atoms with E-state index >= 15 is 0 Å². The fourth-order valence-corrected chi connectivity index (χ4v) is 1.88. The molecule has 1 fully saturated rings. The fourth-order valence-electron chi connectivity index (χ4n) is 1.88. The van der Waals surface area contributed by atoms with E-state index in [0.717, 1.165) is 19.1 Å². The molecule has 2 rings (SSSR count). The molecule has 2 amide bonds. The minimum absolute atomic E-state index is 0.0383. The molecule has 21 heavy (non-hydrogen) atoms. The Morgan fingerprint density at radius 1 is 1.38 bits per heavy atom. The van der Waals surface area contributed by atoms with Gasteiger partial charge in [0.05, 0.1) is 12.3 Å². The Kier molecular flexibility index (Phi) is 5.39. The first kappa shape index (κ1) is 15.1. The molecule has 1 saturated heterocycles. The maximum absolute atomic E-state index is 13.3. The SMILES string of the molecule is O=C(NC[C@@H]1CCCO1)C(=O)N/N=C\c1ccccc1F. The Bertz CT molecular complexity index is 542. The summed E-state index contributed by atoms with van der Waals surface area (Å²) in [5.74, 6) is -2.16. The van der Waals surface area contributed by atoms with Gasteiger partial charge in [-0.25, -0.2) is 9.82 Å². The first-order valence-corrected chi connectivity index (χ1v) is 6.64. The molecule has 6 nitrogen and oxygen atoms in total. The summed E-state index contributed by atoms with van der Waals surface area (Å²) in [6.07, 6.45) is 2.93. The number of ether oxygens (including phenoxy) is 1. The molecular weight excluding hydrogens is 277 g/mol. The number of carbonyl (C=O) groups excluding carboxylic acids is 2. The summed E-state index contributed by atoms with van der Waals surface area (Å²) in [6, 6.07) is 5.96. The molecule has 0 saturated carbocycles. The standard InChI is InChI=1S/C14H16FN3O3/c15-12-6-2-1-4-10(12)8-17-18-14(20)13(19)16-9-11-5-3-7-21-11/h1-2,4,6,8,11H,3,5,7,9H2,(H,16,19)(H,18,20)/b17-8-/t11-/m0/s1. The van der Waals surface area contributed by atoms with Crippen molar-refractivity contribution in [2.75, 3.05) is 13.2 Å². The zero-order chi connectivity index (χ0) is 15.1. The number of hydrazone groups is 1. The summed E-state index contributed by atoms with van der Waals surface area (Å²) < 4.78 is 18.6. The van der Waals surface area contributed by atoms with Crippen LogP contribution in [-0.4, -0.2) is 37.3 Å². The van der Waals surface area contributed by atoms with Crippen molar-refractivity contribution in [2.24, 2.45) is 5.10 Å². The van der Waals surface area contributed by atoms with E-state index in [1.54, 1.807) is 12.1 Å². The Morgan fingerprint density at radius 2 is 2.19 bits per heavy atom. The van der Waals surface area contributed by atoms with Crippen LogP contribution < -0.4 is 10.7 Å². The smallest absolute Gasteiger partial charge is 0.329 e. The van der Waals surface area contributed by atoms with Crippen LogP contribution >= 0.6 is 0 Å². The molecule has 0 radical (unpaired) electrons. The number of rotatable bonds is 4. The van der Waals surface area contributed by atoms with Crippen molar-refractivity contribution in [1.82, 2.24) is 10.7 Å². The molecule has 1 atom stereocenters. The minimum Gasteiger partial charge on any atom is -0.376 e. The van der Waals surface area contributed by atoms with Crippen molar-refractivity contribution in [3.05, 3.63) is 35.6 Å². The fraction of sp³-hybridized carbons (Fsp3) is 0.357. The van der Waals surface area contributed by atoms with Crippen LogP contribution in [0.2, 0.25) is 0 Å². The number of hydrogen-bond donors (Lipinski definition) is 2. The topological polar surface area (TPSA) is 79.8 Å². The van der Waals surface area contributed by atoms with Crippen LogP contribution in [0.15, 0.2) is 29.4 Å². The zero-order valence-electron chi connectivity index (χ0n) is 11.3. The highest BCUT2D eigenvalue weighted by Gasteiger charge is 2.18. The van der Waals surface area contributed by atoms with Crippen molar-refractivity contribution in [2.45, 2.75) is 18.9 Å². The second kappa shape index (κ2) is 7.49. The summed E-state index contributed by atoms with van der Waals surface area (Å²) in [7, 11) is 0. The van der Waals surface area contributed by atoms with Gasteiger partial charge in [-0.1, -0.05) is 18.2 Å². The van der Waals surface area contributed by atoms with Crippen LogP contribution in [0.3, 0.4) is 0 Å². The lowest BCUT2D eigenvalue weighted by molar-refractivity contribution is -0.139. The van der Waals surface area contributed by atoms with Gasteiger partial charge in [0.1, 0.15) is 5.82 Å². The maximum Gasteiger partial charge on any atom is 0.329 e. The van der Waals surface area contributed by atoms with Gasteiger partial charge in [-0.05, 0) is 18.9 Å². The van der Waals surface area contributed by atoms with E-state index in [2.05, 4.69) is 10.4 Å². The largest absolute Gasteiger partial charge is 0.376 e. The molecule has 1 aromatic carbocycles. The third kappa shape index (κ3) is 4.64. The van der Waals surface area contributed by atoms with E-state index < -0.39 is 17.6 Å². The molecule has 0 spiro atoms. The van der Waals surface area contributed by atoms with Gasteiger partial charge >= 0.3 is 11.8 Å². The van der Waals surface area contributed by atoms with Gasteiger partial charge in [0.25, 0.3) is 0 Å². The lowest BCUT2D eigenvalue weighted by atomic mass is 10.2. The quantitative estimate of drug-likeness (QED) is 0.484. The second-order valence-electron chi connectivity index (χ2n) is 4.57. The van der Waals surface area contributed by atoms with Gasteiger partial charge < -0.3 is 10.1 Å². The minimum atomic E-state index is -0.902. The number of hydrogen-bond acceptors (Lipinski definition) is 4. The molecule has 0 aromatic heterocycles. The van der Waals surface area contributed by atoms with E-state index in [9.17, 15) is 14.0 Å². The van der Waals surface area contributed by atoms with Crippen LogP contribution in [0, 0.1) is 5.82 Å². The number of halogens is 1. The van der Waals surface area contributed by atoms with Crippen molar-refractivity contribution in [3.63, 3.8) is 0 Å². The van der Waals surface area contributed by atoms with Crippen LogP contribution in [0.25, 0.3) is 0 Å². The molecule has 0 unspecified atom stereocenters. The summed E-state index contributed by atoms with van der Waals surface area (Å²) in [6.45, 7) is 0.975. The molecule has 1 aliphatic rings. The highest BCUT2D eigenvalue weighted by Crippen LogP contribution is 2.10. The van der Waals surface area contributed by atoms with Gasteiger partial charge in [-0.15, -0.1) is 0 Å². The zero-order valence-corrected chi connectivity index (χ0v) is 11.3. The Labute approximate surface area is 121 Å². The highest BCUT2D eigenvalue weighted by atomic mass is 19.1. The predicted octanol–water partition coefficient (Wildman–Crippen LogP) is 0.571. The first-order chi connectivity index (χ1) is 10.2.